The van der Waals surface area contributed by atoms with E-state index in [1.54, 1.807) is 42.7 Å². The zero-order chi connectivity index (χ0) is 27.1. The van der Waals surface area contributed by atoms with E-state index in [0.717, 1.165) is 22.8 Å². The van der Waals surface area contributed by atoms with Crippen LogP contribution in [0.2, 0.25) is 0 Å². The quantitative estimate of drug-likeness (QED) is 0.385. The fraction of sp³-hybridized carbons (Fsp3) is 0.321. The summed E-state index contributed by atoms with van der Waals surface area (Å²) in [6.07, 6.45) is -1.40. The molecule has 5 rings (SSSR count). The Labute approximate surface area is 216 Å². The van der Waals surface area contributed by atoms with Gasteiger partial charge in [-0.2, -0.15) is 13.2 Å². The zero-order valence-corrected chi connectivity index (χ0v) is 20.6. The van der Waals surface area contributed by atoms with Gasteiger partial charge in [0.15, 0.2) is 0 Å². The molecule has 0 spiro atoms. The van der Waals surface area contributed by atoms with E-state index in [1.807, 2.05) is 17.9 Å². The number of aromatic nitrogens is 1. The summed E-state index contributed by atoms with van der Waals surface area (Å²) in [6, 6.07) is 12.7. The summed E-state index contributed by atoms with van der Waals surface area (Å²) in [5, 5.41) is 9.27. The van der Waals surface area contributed by atoms with Crippen LogP contribution in [-0.4, -0.2) is 53.5 Å². The topological polar surface area (TPSA) is 63.9 Å². The first-order valence-corrected chi connectivity index (χ1v) is 12.0. The van der Waals surface area contributed by atoms with Crippen molar-refractivity contribution in [3.05, 3.63) is 83.2 Å². The van der Waals surface area contributed by atoms with Gasteiger partial charge in [-0.05, 0) is 60.0 Å². The standard InChI is InChI=1S/C28H26F4N2O4/c1-18-20(12-33-16-27(15-29,17-33)26(35)36)14-38-25-11-21(5-6-22(18)25)37-13-19-4-7-24(34-8-2-3-9-34)23(10-19)28(30,31)32/h2-11H,12-17H2,1H3,(H,35,36). The van der Waals surface area contributed by atoms with Gasteiger partial charge in [-0.25, -0.2) is 4.39 Å². The third-order valence-electron chi connectivity index (χ3n) is 7.12. The Kier molecular flexibility index (Phi) is 6.68. The highest BCUT2D eigenvalue weighted by Gasteiger charge is 2.50. The van der Waals surface area contributed by atoms with Crippen LogP contribution < -0.4 is 9.47 Å². The molecule has 6 nitrogen and oxygen atoms in total. The summed E-state index contributed by atoms with van der Waals surface area (Å²) in [6.45, 7) is 2.08. The average molecular weight is 531 g/mol. The van der Waals surface area contributed by atoms with Crippen LogP contribution in [0.3, 0.4) is 0 Å². The summed E-state index contributed by atoms with van der Waals surface area (Å²) >= 11 is 0. The van der Waals surface area contributed by atoms with E-state index in [1.165, 1.54) is 10.6 Å². The Balaban J connectivity index is 1.27. The SMILES string of the molecule is CC1=C(CN2CC(CF)(C(=O)O)C2)COc2cc(OCc3ccc(-n4cccc4)c(C(F)(F)F)c3)ccc21. The molecule has 0 aliphatic carbocycles. The lowest BCUT2D eigenvalue weighted by Crippen LogP contribution is -2.62. The number of nitrogens with zero attached hydrogens (tertiary/aromatic N) is 2. The number of aliphatic carboxylic acids is 1. The van der Waals surface area contributed by atoms with Gasteiger partial charge in [0.1, 0.15) is 36.8 Å². The van der Waals surface area contributed by atoms with E-state index in [9.17, 15) is 27.5 Å². The van der Waals surface area contributed by atoms with Crippen molar-refractivity contribution in [1.29, 1.82) is 0 Å². The number of hydrogen-bond donors (Lipinski definition) is 1. The number of carboxylic acid groups (broad SMARTS) is 1. The van der Waals surface area contributed by atoms with Gasteiger partial charge in [0.05, 0.1) is 11.3 Å². The van der Waals surface area contributed by atoms with Crippen molar-refractivity contribution >= 4 is 11.5 Å². The number of alkyl halides is 4. The fourth-order valence-corrected chi connectivity index (χ4v) is 4.90. The number of rotatable bonds is 8. The summed E-state index contributed by atoms with van der Waals surface area (Å²) in [5.41, 5.74) is 1.18. The van der Waals surface area contributed by atoms with Gasteiger partial charge in [-0.1, -0.05) is 6.07 Å². The number of fused-ring (bicyclic) bond motifs is 1. The molecule has 1 saturated heterocycles. The van der Waals surface area contributed by atoms with Crippen LogP contribution in [0.1, 0.15) is 23.6 Å². The lowest BCUT2D eigenvalue weighted by Gasteiger charge is -2.46. The molecule has 200 valence electrons. The Morgan fingerprint density at radius 3 is 2.53 bits per heavy atom. The first-order chi connectivity index (χ1) is 18.1. The molecule has 2 aliphatic rings. The first kappa shape index (κ1) is 25.8. The van der Waals surface area contributed by atoms with Gasteiger partial charge in [0.25, 0.3) is 0 Å². The largest absolute Gasteiger partial charge is 0.489 e. The molecule has 0 bridgehead atoms. The van der Waals surface area contributed by atoms with Gasteiger partial charge >= 0.3 is 12.1 Å². The molecule has 0 radical (unpaired) electrons. The van der Waals surface area contributed by atoms with E-state index >= 15 is 0 Å². The van der Waals surface area contributed by atoms with Gasteiger partial charge in [-0.3, -0.25) is 9.69 Å². The van der Waals surface area contributed by atoms with Crippen molar-refractivity contribution in [2.24, 2.45) is 5.41 Å². The number of halogens is 4. The third kappa shape index (κ3) is 4.88. The average Bonchev–Trinajstić information content (AvgIpc) is 3.40. The summed E-state index contributed by atoms with van der Waals surface area (Å²) < 4.78 is 67.5. The number of benzene rings is 2. The molecule has 1 N–H and O–H groups in total. The van der Waals surface area contributed by atoms with E-state index < -0.39 is 29.8 Å². The molecule has 1 aromatic heterocycles. The van der Waals surface area contributed by atoms with Crippen molar-refractivity contribution in [1.82, 2.24) is 9.47 Å². The van der Waals surface area contributed by atoms with E-state index in [-0.39, 0.29) is 25.4 Å². The summed E-state index contributed by atoms with van der Waals surface area (Å²) in [7, 11) is 0. The molecule has 38 heavy (non-hydrogen) atoms. The lowest BCUT2D eigenvalue weighted by atomic mass is 9.80. The van der Waals surface area contributed by atoms with Crippen LogP contribution in [0, 0.1) is 5.41 Å². The second-order valence-electron chi connectivity index (χ2n) is 9.77. The number of allylic oxidation sites excluding steroid dienone is 1. The van der Waals surface area contributed by atoms with Crippen molar-refractivity contribution in [2.75, 3.05) is 32.9 Å². The predicted molar refractivity (Wildman–Crippen MR) is 132 cm³/mol. The Morgan fingerprint density at radius 2 is 1.87 bits per heavy atom. The van der Waals surface area contributed by atoms with Crippen LogP contribution in [0.25, 0.3) is 11.3 Å². The van der Waals surface area contributed by atoms with Crippen molar-refractivity contribution in [3.8, 4) is 17.2 Å². The Morgan fingerprint density at radius 1 is 1.13 bits per heavy atom. The summed E-state index contributed by atoms with van der Waals surface area (Å²) in [5.74, 6) is -0.0684. The normalized spacial score (nSPS) is 17.0. The van der Waals surface area contributed by atoms with Gasteiger partial charge < -0.3 is 19.1 Å². The molecule has 3 aromatic rings. The van der Waals surface area contributed by atoms with Crippen molar-refractivity contribution in [2.45, 2.75) is 19.7 Å². The van der Waals surface area contributed by atoms with Gasteiger partial charge in [0, 0.05) is 43.7 Å². The predicted octanol–water partition coefficient (Wildman–Crippen LogP) is 5.60. The second-order valence-corrected chi connectivity index (χ2v) is 9.77. The van der Waals surface area contributed by atoms with Gasteiger partial charge in [-0.15, -0.1) is 0 Å². The number of carboxylic acids is 1. The number of ether oxygens (including phenoxy) is 2. The maximum Gasteiger partial charge on any atom is 0.418 e. The maximum atomic E-state index is 13.7. The highest BCUT2D eigenvalue weighted by molar-refractivity contribution is 5.77. The van der Waals surface area contributed by atoms with Crippen molar-refractivity contribution in [3.63, 3.8) is 0 Å². The maximum absolute atomic E-state index is 13.7. The Bertz CT molecular complexity index is 1380. The minimum Gasteiger partial charge on any atom is -0.489 e. The fourth-order valence-electron chi connectivity index (χ4n) is 4.90. The number of carbonyl (C=O) groups is 1. The number of hydrogen-bond acceptors (Lipinski definition) is 4. The molecule has 2 aliphatic heterocycles. The molecule has 2 aromatic carbocycles. The molecule has 0 unspecified atom stereocenters. The molecular weight excluding hydrogens is 504 g/mol. The summed E-state index contributed by atoms with van der Waals surface area (Å²) in [4.78, 5) is 13.2. The number of likely N-dealkylation sites (tertiary alicyclic amines) is 1. The van der Waals surface area contributed by atoms with E-state index in [4.69, 9.17) is 9.47 Å². The zero-order valence-electron chi connectivity index (χ0n) is 20.6. The van der Waals surface area contributed by atoms with Crippen LogP contribution >= 0.6 is 0 Å². The Hall–Kier alpha value is -3.79. The third-order valence-corrected chi connectivity index (χ3v) is 7.12. The van der Waals surface area contributed by atoms with Crippen LogP contribution in [0.4, 0.5) is 17.6 Å². The molecule has 0 amide bonds. The molecule has 3 heterocycles. The van der Waals surface area contributed by atoms with Crippen molar-refractivity contribution < 1.29 is 36.9 Å². The first-order valence-electron chi connectivity index (χ1n) is 12.0. The highest BCUT2D eigenvalue weighted by atomic mass is 19.4. The van der Waals surface area contributed by atoms with Gasteiger partial charge in [0.2, 0.25) is 0 Å². The minimum atomic E-state index is -4.52. The lowest BCUT2D eigenvalue weighted by molar-refractivity contribution is -0.162. The molecular formula is C28H26F4N2O4. The highest BCUT2D eigenvalue weighted by Crippen LogP contribution is 2.39. The molecule has 1 fully saturated rings. The van der Waals surface area contributed by atoms with Crippen LogP contribution in [-0.2, 0) is 17.6 Å². The van der Waals surface area contributed by atoms with Crippen LogP contribution in [0.5, 0.6) is 11.5 Å². The molecule has 10 heteroatoms. The second kappa shape index (κ2) is 9.83. The molecule has 0 atom stereocenters. The minimum absolute atomic E-state index is 0.0445. The monoisotopic (exact) mass is 530 g/mol. The van der Waals surface area contributed by atoms with E-state index in [2.05, 4.69) is 0 Å². The van der Waals surface area contributed by atoms with Crippen LogP contribution in [0.15, 0.2) is 66.5 Å². The van der Waals surface area contributed by atoms with E-state index in [0.29, 0.717) is 30.2 Å². The molecule has 0 saturated carbocycles. The smallest absolute Gasteiger partial charge is 0.418 e.